The van der Waals surface area contributed by atoms with Crippen LogP contribution in [0.1, 0.15) is 35.2 Å². The molecule has 0 radical (unpaired) electrons. The first-order valence-electron chi connectivity index (χ1n) is 15.2. The number of benzene rings is 1. The van der Waals surface area contributed by atoms with E-state index in [2.05, 4.69) is 5.32 Å². The van der Waals surface area contributed by atoms with Crippen LogP contribution in [-0.2, 0) is 33.3 Å². The smallest absolute Gasteiger partial charge is 0.338 e. The van der Waals surface area contributed by atoms with E-state index in [1.807, 2.05) is 0 Å². The Morgan fingerprint density at radius 3 is 2.70 bits per heavy atom. The van der Waals surface area contributed by atoms with Gasteiger partial charge in [0.25, 0.3) is 0 Å². The van der Waals surface area contributed by atoms with Crippen LogP contribution in [0.15, 0.2) is 42.0 Å². The molecule has 4 aliphatic rings. The predicted octanol–water partition coefficient (Wildman–Crippen LogP) is -1.79. The number of esters is 1. The van der Waals surface area contributed by atoms with E-state index in [4.69, 9.17) is 28.8 Å². The number of aliphatic hydroxyl groups is 5. The number of rotatable bonds is 11. The summed E-state index contributed by atoms with van der Waals surface area (Å²) < 4.78 is 28.0. The van der Waals surface area contributed by atoms with Gasteiger partial charge in [0.2, 0.25) is 11.8 Å². The fourth-order valence-electron chi connectivity index (χ4n) is 5.99. The van der Waals surface area contributed by atoms with Gasteiger partial charge in [-0.05, 0) is 36.6 Å². The van der Waals surface area contributed by atoms with Gasteiger partial charge in [-0.3, -0.25) is 9.59 Å². The summed E-state index contributed by atoms with van der Waals surface area (Å²) in [5.74, 6) is -1.30. The van der Waals surface area contributed by atoms with Gasteiger partial charge in [0.05, 0.1) is 25.4 Å². The Balaban J connectivity index is 1.19. The molecule has 3 saturated heterocycles. The number of likely N-dealkylation sites (tertiary alicyclic amines) is 1. The molecular formula is C31H40N2O13. The molecule has 3 fully saturated rings. The lowest BCUT2D eigenvalue weighted by molar-refractivity contribution is -0.298. The third kappa shape index (κ3) is 7.65. The van der Waals surface area contributed by atoms with E-state index in [1.165, 1.54) is 4.90 Å². The van der Waals surface area contributed by atoms with Crippen molar-refractivity contribution < 1.29 is 63.6 Å². The van der Waals surface area contributed by atoms with E-state index >= 15 is 0 Å². The normalized spacial score (nSPS) is 32.7. The molecule has 0 aromatic heterocycles. The van der Waals surface area contributed by atoms with Gasteiger partial charge in [-0.1, -0.05) is 24.3 Å². The summed E-state index contributed by atoms with van der Waals surface area (Å²) >= 11 is 0. The zero-order chi connectivity index (χ0) is 32.8. The van der Waals surface area contributed by atoms with Gasteiger partial charge in [0.1, 0.15) is 55.6 Å². The maximum absolute atomic E-state index is 13.5. The molecule has 15 heteroatoms. The Hall–Kier alpha value is -3.25. The number of nitrogens with zero attached hydrogens (tertiary/aromatic N) is 1. The molecule has 1 aromatic carbocycles. The second-order valence-corrected chi connectivity index (χ2v) is 11.4. The molecule has 46 heavy (non-hydrogen) atoms. The first kappa shape index (κ1) is 34.1. The van der Waals surface area contributed by atoms with Gasteiger partial charge in [-0.25, -0.2) is 4.79 Å². The zero-order valence-corrected chi connectivity index (χ0v) is 25.1. The summed E-state index contributed by atoms with van der Waals surface area (Å²) in [5, 5.41) is 50.9. The van der Waals surface area contributed by atoms with Crippen molar-refractivity contribution in [3.05, 3.63) is 53.1 Å². The van der Waals surface area contributed by atoms with Gasteiger partial charge in [0.15, 0.2) is 6.29 Å². The quantitative estimate of drug-likeness (QED) is 0.147. The minimum absolute atomic E-state index is 0.0251. The van der Waals surface area contributed by atoms with Crippen LogP contribution >= 0.6 is 0 Å². The topological polar surface area (TPSA) is 214 Å². The SMILES string of the molecule is O=C(OC1CC(C(=O)N2CCCC2C(=O)NCCO)=CC2OCOC21)c1cccc(C=CCOC2OC(CO)C(O)C(O)C2O)c1. The summed E-state index contributed by atoms with van der Waals surface area (Å²) in [6, 6.07) is 5.93. The molecule has 2 amide bonds. The Labute approximate surface area is 264 Å². The summed E-state index contributed by atoms with van der Waals surface area (Å²) in [5.41, 5.74) is 1.24. The number of ether oxygens (including phenoxy) is 5. The number of amides is 2. The van der Waals surface area contributed by atoms with Crippen molar-refractivity contribution in [2.24, 2.45) is 0 Å². The molecule has 0 spiro atoms. The van der Waals surface area contributed by atoms with Gasteiger partial charge in [0, 0.05) is 25.1 Å². The number of nitrogens with one attached hydrogen (secondary N) is 1. The number of hydrogen-bond acceptors (Lipinski definition) is 13. The molecule has 9 atom stereocenters. The fraction of sp³-hybridized carbons (Fsp3) is 0.581. The van der Waals surface area contributed by atoms with E-state index in [0.29, 0.717) is 30.5 Å². The monoisotopic (exact) mass is 648 g/mol. The van der Waals surface area contributed by atoms with Crippen molar-refractivity contribution in [1.29, 1.82) is 0 Å². The Morgan fingerprint density at radius 2 is 1.91 bits per heavy atom. The van der Waals surface area contributed by atoms with Crippen molar-refractivity contribution in [3.63, 3.8) is 0 Å². The Bertz CT molecular complexity index is 1300. The van der Waals surface area contributed by atoms with Crippen molar-refractivity contribution in [3.8, 4) is 0 Å². The van der Waals surface area contributed by atoms with Crippen LogP contribution in [-0.4, -0.2) is 143 Å². The van der Waals surface area contributed by atoms with Crippen molar-refractivity contribution >= 4 is 23.9 Å². The van der Waals surface area contributed by atoms with Gasteiger partial charge in [-0.15, -0.1) is 0 Å². The molecule has 9 unspecified atom stereocenters. The summed E-state index contributed by atoms with van der Waals surface area (Å²) in [6.07, 6.45) is -2.77. The minimum Gasteiger partial charge on any atom is -0.456 e. The maximum atomic E-state index is 13.5. The third-order valence-corrected chi connectivity index (χ3v) is 8.40. The number of carbonyl (C=O) groups excluding carboxylic acids is 3. The highest BCUT2D eigenvalue weighted by molar-refractivity contribution is 5.98. The van der Waals surface area contributed by atoms with Crippen LogP contribution in [0.3, 0.4) is 0 Å². The minimum atomic E-state index is -1.55. The number of aliphatic hydroxyl groups excluding tert-OH is 5. The summed E-state index contributed by atoms with van der Waals surface area (Å²) in [6.45, 7) is -0.351. The lowest BCUT2D eigenvalue weighted by Crippen LogP contribution is -2.59. The van der Waals surface area contributed by atoms with Crippen LogP contribution < -0.4 is 5.32 Å². The average molecular weight is 649 g/mol. The second-order valence-electron chi connectivity index (χ2n) is 11.4. The molecule has 1 aliphatic carbocycles. The lowest BCUT2D eigenvalue weighted by Gasteiger charge is -2.39. The molecule has 0 bridgehead atoms. The highest BCUT2D eigenvalue weighted by Crippen LogP contribution is 2.33. The van der Waals surface area contributed by atoms with E-state index in [-0.39, 0.29) is 50.4 Å². The average Bonchev–Trinajstić information content (AvgIpc) is 3.76. The third-order valence-electron chi connectivity index (χ3n) is 8.40. The van der Waals surface area contributed by atoms with E-state index < -0.39 is 67.6 Å². The van der Waals surface area contributed by atoms with E-state index in [9.17, 15) is 34.8 Å². The van der Waals surface area contributed by atoms with E-state index in [0.717, 1.165) is 0 Å². The van der Waals surface area contributed by atoms with Gasteiger partial charge >= 0.3 is 5.97 Å². The molecule has 1 aromatic rings. The lowest BCUT2D eigenvalue weighted by atomic mass is 9.91. The number of carbonyl (C=O) groups is 3. The Morgan fingerprint density at radius 1 is 1.09 bits per heavy atom. The van der Waals surface area contributed by atoms with Crippen LogP contribution in [0, 0.1) is 0 Å². The standard InChI is InChI=1S/C31H40N2O13/c34-10-8-32-28(39)20-7-2-9-33(20)29(40)19-13-21-27(44-16-43-21)22(14-19)45-30(41)18-6-1-4-17(12-18)5-3-11-42-31-26(38)25(37)24(36)23(15-35)46-31/h1,3-6,12-13,20-27,31,34-38H,2,7-11,14-16H2,(H,32,39). The zero-order valence-electron chi connectivity index (χ0n) is 25.1. The molecule has 0 saturated carbocycles. The largest absolute Gasteiger partial charge is 0.456 e. The fourth-order valence-corrected chi connectivity index (χ4v) is 5.99. The summed E-state index contributed by atoms with van der Waals surface area (Å²) in [7, 11) is 0. The molecular weight excluding hydrogens is 608 g/mol. The second kappa shape index (κ2) is 15.6. The van der Waals surface area contributed by atoms with Crippen molar-refractivity contribution in [2.45, 2.75) is 74.3 Å². The molecule has 3 heterocycles. The van der Waals surface area contributed by atoms with Crippen molar-refractivity contribution in [1.82, 2.24) is 10.2 Å². The van der Waals surface area contributed by atoms with Crippen LogP contribution in [0.4, 0.5) is 0 Å². The maximum Gasteiger partial charge on any atom is 0.338 e. The van der Waals surface area contributed by atoms with Crippen molar-refractivity contribution in [2.75, 3.05) is 39.7 Å². The van der Waals surface area contributed by atoms with Crippen LogP contribution in [0.5, 0.6) is 0 Å². The van der Waals surface area contributed by atoms with E-state index in [1.54, 1.807) is 42.5 Å². The molecule has 252 valence electrons. The highest BCUT2D eigenvalue weighted by Gasteiger charge is 2.45. The Kier molecular flexibility index (Phi) is 11.5. The van der Waals surface area contributed by atoms with Gasteiger partial charge < -0.3 is 59.4 Å². The number of hydrogen-bond donors (Lipinski definition) is 6. The first-order chi connectivity index (χ1) is 22.2. The van der Waals surface area contributed by atoms with Crippen LogP contribution in [0.2, 0.25) is 0 Å². The molecule has 6 N–H and O–H groups in total. The summed E-state index contributed by atoms with van der Waals surface area (Å²) in [4.78, 5) is 40.9. The molecule has 3 aliphatic heterocycles. The molecule has 15 nitrogen and oxygen atoms in total. The highest BCUT2D eigenvalue weighted by atomic mass is 16.7. The van der Waals surface area contributed by atoms with Gasteiger partial charge in [-0.2, -0.15) is 0 Å². The van der Waals surface area contributed by atoms with Crippen LogP contribution in [0.25, 0.3) is 6.08 Å². The number of fused-ring (bicyclic) bond motifs is 1. The first-order valence-corrected chi connectivity index (χ1v) is 15.2. The predicted molar refractivity (Wildman–Crippen MR) is 157 cm³/mol. The molecule has 5 rings (SSSR count).